The number of fused-ring (bicyclic) bond motifs is 2. The van der Waals surface area contributed by atoms with E-state index in [4.69, 9.17) is 0 Å². The lowest BCUT2D eigenvalue weighted by Gasteiger charge is -2.43. The molecule has 0 aromatic heterocycles. The maximum absolute atomic E-state index is 13.9. The van der Waals surface area contributed by atoms with E-state index in [-0.39, 0.29) is 28.9 Å². The number of halogens is 3. The molecule has 2 bridgehead atoms. The molecule has 0 aliphatic carbocycles. The number of hydrogen-bond donors (Lipinski definition) is 1. The monoisotopic (exact) mass is 304 g/mol. The van der Waals surface area contributed by atoms with E-state index in [0.29, 0.717) is 0 Å². The van der Waals surface area contributed by atoms with Crippen LogP contribution in [0.15, 0.2) is 12.1 Å². The fourth-order valence-corrected chi connectivity index (χ4v) is 5.61. The molecule has 1 aromatic carbocycles. The zero-order valence-electron chi connectivity index (χ0n) is 10.7. The van der Waals surface area contributed by atoms with Crippen LogP contribution in [0.5, 0.6) is 0 Å². The Kier molecular flexibility index (Phi) is 3.41. The third kappa shape index (κ3) is 2.09. The van der Waals surface area contributed by atoms with Crippen molar-refractivity contribution in [1.82, 2.24) is 0 Å². The molecule has 0 saturated carbocycles. The van der Waals surface area contributed by atoms with Crippen molar-refractivity contribution < 1.29 is 22.5 Å². The van der Waals surface area contributed by atoms with Crippen molar-refractivity contribution in [2.75, 3.05) is 0 Å². The van der Waals surface area contributed by atoms with Crippen LogP contribution in [-0.4, -0.2) is 19.8 Å². The molecular formula is C14H15F3O2S. The second kappa shape index (κ2) is 4.84. The Hall–Kier alpha value is -0.880. The molecule has 1 N–H and O–H groups in total. The predicted octanol–water partition coefficient (Wildman–Crippen LogP) is 2.76. The van der Waals surface area contributed by atoms with Crippen molar-refractivity contribution in [2.24, 2.45) is 0 Å². The number of benzene rings is 1. The van der Waals surface area contributed by atoms with Gasteiger partial charge < -0.3 is 5.11 Å². The first kappa shape index (κ1) is 14.1. The summed E-state index contributed by atoms with van der Waals surface area (Å²) in [6, 6.07) is 1.92. The van der Waals surface area contributed by atoms with Gasteiger partial charge in [0, 0.05) is 26.9 Å². The normalized spacial score (nSPS) is 36.9. The molecule has 2 nitrogen and oxygen atoms in total. The second-order valence-corrected chi connectivity index (χ2v) is 7.66. The van der Waals surface area contributed by atoms with Gasteiger partial charge in [0.2, 0.25) is 0 Å². The van der Waals surface area contributed by atoms with E-state index in [9.17, 15) is 22.5 Å². The lowest BCUT2D eigenvalue weighted by atomic mass is 9.80. The Balaban J connectivity index is 2.01. The highest BCUT2D eigenvalue weighted by Gasteiger charge is 2.47. The Bertz CT molecular complexity index is 560. The molecule has 3 rings (SSSR count). The molecule has 0 radical (unpaired) electrons. The van der Waals surface area contributed by atoms with E-state index in [1.165, 1.54) is 0 Å². The molecule has 2 fully saturated rings. The number of rotatable bonds is 1. The van der Waals surface area contributed by atoms with Crippen LogP contribution in [0.1, 0.15) is 37.7 Å². The molecule has 0 amide bonds. The second-order valence-electron chi connectivity index (χ2n) is 5.67. The number of aliphatic hydroxyl groups is 1. The summed E-state index contributed by atoms with van der Waals surface area (Å²) >= 11 is 0. The summed E-state index contributed by atoms with van der Waals surface area (Å²) in [6.45, 7) is 0. The van der Waals surface area contributed by atoms with Crippen molar-refractivity contribution in [3.05, 3.63) is 35.1 Å². The van der Waals surface area contributed by atoms with Crippen molar-refractivity contribution in [3.63, 3.8) is 0 Å². The average Bonchev–Trinajstić information content (AvgIpc) is 2.38. The van der Waals surface area contributed by atoms with Gasteiger partial charge in [0.05, 0.1) is 5.60 Å². The highest BCUT2D eigenvalue weighted by atomic mass is 32.2. The Morgan fingerprint density at radius 3 is 2.30 bits per heavy atom. The predicted molar refractivity (Wildman–Crippen MR) is 69.0 cm³/mol. The Morgan fingerprint density at radius 1 is 1.10 bits per heavy atom. The zero-order valence-corrected chi connectivity index (χ0v) is 11.6. The largest absolute Gasteiger partial charge is 0.385 e. The van der Waals surface area contributed by atoms with E-state index in [0.717, 1.165) is 31.4 Å². The van der Waals surface area contributed by atoms with Gasteiger partial charge in [-0.3, -0.25) is 4.21 Å². The molecule has 0 spiro atoms. The lowest BCUT2D eigenvalue weighted by molar-refractivity contribution is 0.00264. The molecule has 1 aromatic rings. The quantitative estimate of drug-likeness (QED) is 0.810. The highest BCUT2D eigenvalue weighted by Crippen LogP contribution is 2.45. The summed E-state index contributed by atoms with van der Waals surface area (Å²) in [4.78, 5) is 0. The van der Waals surface area contributed by atoms with E-state index in [1.54, 1.807) is 0 Å². The SMILES string of the molecule is O=S1C2CCCC1CC(O)(c1ccc(F)c(F)c1F)C2. The van der Waals surface area contributed by atoms with Gasteiger partial charge in [0.1, 0.15) is 0 Å². The van der Waals surface area contributed by atoms with E-state index in [1.807, 2.05) is 0 Å². The molecule has 110 valence electrons. The molecular weight excluding hydrogens is 289 g/mol. The Morgan fingerprint density at radius 2 is 1.70 bits per heavy atom. The van der Waals surface area contributed by atoms with Crippen LogP contribution in [0.4, 0.5) is 13.2 Å². The van der Waals surface area contributed by atoms with Crippen LogP contribution >= 0.6 is 0 Å². The lowest BCUT2D eigenvalue weighted by Crippen LogP contribution is -2.47. The van der Waals surface area contributed by atoms with Gasteiger partial charge in [0.15, 0.2) is 17.5 Å². The first-order valence-electron chi connectivity index (χ1n) is 6.68. The fourth-order valence-electron chi connectivity index (χ4n) is 3.39. The minimum Gasteiger partial charge on any atom is -0.385 e. The summed E-state index contributed by atoms with van der Waals surface area (Å²) in [5, 5.41) is 10.3. The van der Waals surface area contributed by atoms with E-state index < -0.39 is 33.9 Å². The van der Waals surface area contributed by atoms with Crippen LogP contribution in [0, 0.1) is 17.5 Å². The van der Waals surface area contributed by atoms with Crippen LogP contribution in [0.2, 0.25) is 0 Å². The van der Waals surface area contributed by atoms with Gasteiger partial charge in [-0.05, 0) is 31.7 Å². The van der Waals surface area contributed by atoms with Gasteiger partial charge >= 0.3 is 0 Å². The fraction of sp³-hybridized carbons (Fsp3) is 0.571. The smallest absolute Gasteiger partial charge is 0.194 e. The van der Waals surface area contributed by atoms with Gasteiger partial charge in [0.25, 0.3) is 0 Å². The minimum atomic E-state index is -1.56. The average molecular weight is 304 g/mol. The molecule has 2 atom stereocenters. The first-order valence-corrected chi connectivity index (χ1v) is 7.96. The molecule has 2 saturated heterocycles. The molecule has 2 aliphatic rings. The van der Waals surface area contributed by atoms with Gasteiger partial charge in [-0.2, -0.15) is 0 Å². The summed E-state index contributed by atoms with van der Waals surface area (Å²) in [5.41, 5.74) is -1.77. The van der Waals surface area contributed by atoms with Gasteiger partial charge in [-0.1, -0.05) is 12.5 Å². The maximum Gasteiger partial charge on any atom is 0.194 e. The third-order valence-corrected chi connectivity index (χ3v) is 6.50. The Labute approximate surface area is 117 Å². The van der Waals surface area contributed by atoms with Crippen LogP contribution in [0.3, 0.4) is 0 Å². The highest BCUT2D eigenvalue weighted by molar-refractivity contribution is 7.86. The van der Waals surface area contributed by atoms with Crippen molar-refractivity contribution >= 4 is 10.8 Å². The molecule has 2 unspecified atom stereocenters. The molecule has 20 heavy (non-hydrogen) atoms. The maximum atomic E-state index is 13.9. The van der Waals surface area contributed by atoms with Crippen molar-refractivity contribution in [2.45, 2.75) is 48.2 Å². The summed E-state index contributed by atoms with van der Waals surface area (Å²) in [6.07, 6.45) is 2.65. The summed E-state index contributed by atoms with van der Waals surface area (Å²) < 4.78 is 52.4. The standard InChI is InChI=1S/C14H15F3O2S/c15-11-5-4-10(12(16)13(11)17)14(18)6-8-2-1-3-9(7-14)20(8)19/h4-5,8-9,18H,1-3,6-7H2. The zero-order chi connectivity index (χ0) is 14.5. The van der Waals surface area contributed by atoms with Gasteiger partial charge in [-0.25, -0.2) is 13.2 Å². The van der Waals surface area contributed by atoms with Crippen LogP contribution in [0.25, 0.3) is 0 Å². The van der Waals surface area contributed by atoms with E-state index >= 15 is 0 Å². The topological polar surface area (TPSA) is 37.3 Å². The van der Waals surface area contributed by atoms with Crippen LogP contribution in [-0.2, 0) is 16.4 Å². The van der Waals surface area contributed by atoms with E-state index in [2.05, 4.69) is 0 Å². The molecule has 2 aliphatic heterocycles. The van der Waals surface area contributed by atoms with Crippen molar-refractivity contribution in [3.8, 4) is 0 Å². The third-order valence-electron chi connectivity index (χ3n) is 4.38. The van der Waals surface area contributed by atoms with Gasteiger partial charge in [-0.15, -0.1) is 0 Å². The van der Waals surface area contributed by atoms with Crippen molar-refractivity contribution in [1.29, 1.82) is 0 Å². The molecule has 2 heterocycles. The molecule has 6 heteroatoms. The number of hydrogen-bond acceptors (Lipinski definition) is 2. The summed E-state index contributed by atoms with van der Waals surface area (Å²) in [5.74, 6) is -4.17. The van der Waals surface area contributed by atoms with Crippen LogP contribution < -0.4 is 0 Å². The summed E-state index contributed by atoms with van der Waals surface area (Å²) in [7, 11) is -1.02. The first-order chi connectivity index (χ1) is 9.42. The minimum absolute atomic E-state index is 0.137.